The molecule has 100 valence electrons. The van der Waals surface area contributed by atoms with Crippen LogP contribution in [-0.4, -0.2) is 30.6 Å². The van der Waals surface area contributed by atoms with Crippen LogP contribution in [0.25, 0.3) is 22.9 Å². The molecule has 0 unspecified atom stereocenters. The van der Waals surface area contributed by atoms with E-state index in [1.807, 2.05) is 0 Å². The summed E-state index contributed by atoms with van der Waals surface area (Å²) in [5.41, 5.74) is 0.710. The van der Waals surface area contributed by atoms with E-state index < -0.39 is 11.8 Å². The molecule has 0 saturated carbocycles. The minimum atomic E-state index is -0.981. The molecule has 7 heteroatoms. The summed E-state index contributed by atoms with van der Waals surface area (Å²) in [5.74, 6) is -0.810. The molecule has 0 atom stereocenters. The minimum absolute atomic E-state index is 0.217. The Bertz CT molecular complexity index is 756. The molecule has 0 saturated heterocycles. The first-order valence-corrected chi connectivity index (χ1v) is 5.80. The first-order valence-electron chi connectivity index (χ1n) is 5.80. The molecule has 20 heavy (non-hydrogen) atoms. The number of rotatable bonds is 3. The van der Waals surface area contributed by atoms with Crippen molar-refractivity contribution in [3.8, 4) is 22.9 Å². The summed E-state index contributed by atoms with van der Waals surface area (Å²) in [6, 6.07) is 6.18. The van der Waals surface area contributed by atoms with Crippen molar-refractivity contribution in [2.24, 2.45) is 0 Å². The van der Waals surface area contributed by atoms with Crippen LogP contribution in [0.4, 0.5) is 4.39 Å². The molecular weight excluding hydrogens is 263 g/mol. The van der Waals surface area contributed by atoms with Crippen LogP contribution in [0.3, 0.4) is 0 Å². The lowest BCUT2D eigenvalue weighted by molar-refractivity contribution is -0.137. The Labute approximate surface area is 112 Å². The molecular formula is C13H9FN4O2. The van der Waals surface area contributed by atoms with Crippen LogP contribution in [0.5, 0.6) is 0 Å². The molecule has 0 aliphatic carbocycles. The van der Waals surface area contributed by atoms with E-state index in [0.29, 0.717) is 11.5 Å². The zero-order valence-corrected chi connectivity index (χ0v) is 10.2. The Morgan fingerprint density at radius 2 is 2.05 bits per heavy atom. The summed E-state index contributed by atoms with van der Waals surface area (Å²) in [4.78, 5) is 23.0. The van der Waals surface area contributed by atoms with Crippen molar-refractivity contribution in [2.75, 3.05) is 0 Å². The number of hydrogen-bond donors (Lipinski definition) is 1. The third kappa shape index (κ3) is 2.20. The van der Waals surface area contributed by atoms with Gasteiger partial charge >= 0.3 is 5.97 Å². The number of fused-ring (bicyclic) bond motifs is 1. The second-order valence-electron chi connectivity index (χ2n) is 4.18. The third-order valence-corrected chi connectivity index (χ3v) is 2.72. The SMILES string of the molecule is O=C(O)Cn1cnc2nc(-c3ccccc3F)nc-2c1. The number of nitrogens with zero attached hydrogens (tertiary/aromatic N) is 4. The van der Waals surface area contributed by atoms with Crippen LogP contribution >= 0.6 is 0 Å². The van der Waals surface area contributed by atoms with Crippen molar-refractivity contribution in [1.82, 2.24) is 19.5 Å². The van der Waals surface area contributed by atoms with Gasteiger partial charge in [-0.1, -0.05) is 12.1 Å². The highest BCUT2D eigenvalue weighted by Crippen LogP contribution is 2.24. The fourth-order valence-corrected chi connectivity index (χ4v) is 1.85. The lowest BCUT2D eigenvalue weighted by atomic mass is 10.2. The Morgan fingerprint density at radius 3 is 2.80 bits per heavy atom. The largest absolute Gasteiger partial charge is 0.480 e. The number of carboxylic acids is 1. The van der Waals surface area contributed by atoms with Crippen LogP contribution in [0.2, 0.25) is 0 Å². The van der Waals surface area contributed by atoms with Crippen LogP contribution in [0.1, 0.15) is 0 Å². The van der Waals surface area contributed by atoms with Crippen molar-refractivity contribution in [3.05, 3.63) is 42.6 Å². The topological polar surface area (TPSA) is 80.9 Å². The van der Waals surface area contributed by atoms with E-state index in [1.165, 1.54) is 23.2 Å². The Hall–Kier alpha value is -2.83. The number of imidazole rings is 1. The second kappa shape index (κ2) is 4.69. The van der Waals surface area contributed by atoms with Gasteiger partial charge in [0.25, 0.3) is 0 Å². The average molecular weight is 272 g/mol. The standard InChI is InChI=1S/C13H9FN4O2/c14-9-4-2-1-3-8(9)12-16-10-5-18(6-11(19)20)7-15-13(10)17-12/h1-5,7H,6H2,(H,19,20). The average Bonchev–Trinajstić information content (AvgIpc) is 2.81. The Balaban J connectivity index is 2.06. The first kappa shape index (κ1) is 12.2. The summed E-state index contributed by atoms with van der Waals surface area (Å²) in [5, 5.41) is 8.72. The molecule has 0 radical (unpaired) electrons. The monoisotopic (exact) mass is 272 g/mol. The van der Waals surface area contributed by atoms with Gasteiger partial charge in [-0.25, -0.2) is 19.3 Å². The van der Waals surface area contributed by atoms with Gasteiger partial charge in [0.2, 0.25) is 0 Å². The molecule has 2 aliphatic heterocycles. The Morgan fingerprint density at radius 1 is 1.25 bits per heavy atom. The van der Waals surface area contributed by atoms with Crippen LogP contribution in [0.15, 0.2) is 36.8 Å². The highest BCUT2D eigenvalue weighted by molar-refractivity contribution is 5.67. The van der Waals surface area contributed by atoms with E-state index in [-0.39, 0.29) is 17.9 Å². The predicted octanol–water partition coefficient (Wildman–Crippen LogP) is 1.67. The minimum Gasteiger partial charge on any atom is -0.480 e. The van der Waals surface area contributed by atoms with E-state index in [9.17, 15) is 9.18 Å². The van der Waals surface area contributed by atoms with Gasteiger partial charge in [0, 0.05) is 6.20 Å². The molecule has 3 rings (SSSR count). The lowest BCUT2D eigenvalue weighted by Gasteiger charge is -2.02. The quantitative estimate of drug-likeness (QED) is 0.784. The Kier molecular flexibility index (Phi) is 2.86. The van der Waals surface area contributed by atoms with Crippen molar-refractivity contribution in [2.45, 2.75) is 6.54 Å². The summed E-state index contributed by atoms with van der Waals surface area (Å²) in [6.07, 6.45) is 2.88. The molecule has 0 amide bonds. The maximum Gasteiger partial charge on any atom is 0.323 e. The lowest BCUT2D eigenvalue weighted by Crippen LogP contribution is -2.10. The van der Waals surface area contributed by atoms with E-state index in [1.54, 1.807) is 18.2 Å². The highest BCUT2D eigenvalue weighted by atomic mass is 19.1. The van der Waals surface area contributed by atoms with Gasteiger partial charge in [-0.3, -0.25) is 4.79 Å². The van der Waals surface area contributed by atoms with E-state index >= 15 is 0 Å². The summed E-state index contributed by atoms with van der Waals surface area (Å²) in [6.45, 7) is -0.217. The molecule has 2 aliphatic rings. The highest BCUT2D eigenvalue weighted by Gasteiger charge is 2.16. The molecule has 1 aromatic rings. The number of carboxylic acid groups (broad SMARTS) is 1. The molecule has 6 nitrogen and oxygen atoms in total. The van der Waals surface area contributed by atoms with Crippen molar-refractivity contribution in [3.63, 3.8) is 0 Å². The maximum absolute atomic E-state index is 13.7. The van der Waals surface area contributed by atoms with Gasteiger partial charge in [-0.05, 0) is 12.1 Å². The first-order chi connectivity index (χ1) is 9.63. The number of halogens is 1. The van der Waals surface area contributed by atoms with Crippen molar-refractivity contribution < 1.29 is 14.3 Å². The maximum atomic E-state index is 13.7. The van der Waals surface area contributed by atoms with Crippen LogP contribution in [-0.2, 0) is 11.3 Å². The number of carbonyl (C=O) groups is 1. The zero-order valence-electron chi connectivity index (χ0n) is 10.2. The molecule has 0 fully saturated rings. The smallest absolute Gasteiger partial charge is 0.323 e. The zero-order chi connectivity index (χ0) is 14.1. The third-order valence-electron chi connectivity index (χ3n) is 2.72. The van der Waals surface area contributed by atoms with Gasteiger partial charge in [0.1, 0.15) is 18.1 Å². The second-order valence-corrected chi connectivity index (χ2v) is 4.18. The molecule has 2 heterocycles. The van der Waals surface area contributed by atoms with Crippen LogP contribution in [0, 0.1) is 5.82 Å². The fraction of sp³-hybridized carbons (Fsp3) is 0.0769. The number of aliphatic carboxylic acids is 1. The van der Waals surface area contributed by atoms with Crippen LogP contribution < -0.4 is 0 Å². The number of aromatic nitrogens is 4. The van der Waals surface area contributed by atoms with Gasteiger partial charge in [0.05, 0.1) is 11.9 Å². The number of hydrogen-bond acceptors (Lipinski definition) is 4. The van der Waals surface area contributed by atoms with E-state index in [2.05, 4.69) is 15.0 Å². The summed E-state index contributed by atoms with van der Waals surface area (Å²) < 4.78 is 15.1. The molecule has 0 bridgehead atoms. The van der Waals surface area contributed by atoms with E-state index in [0.717, 1.165) is 0 Å². The molecule has 0 aromatic heterocycles. The van der Waals surface area contributed by atoms with Gasteiger partial charge in [-0.15, -0.1) is 0 Å². The number of benzene rings is 1. The van der Waals surface area contributed by atoms with Gasteiger partial charge < -0.3 is 9.67 Å². The van der Waals surface area contributed by atoms with Gasteiger partial charge in [-0.2, -0.15) is 0 Å². The summed E-state index contributed by atoms with van der Waals surface area (Å²) >= 11 is 0. The molecule has 1 N–H and O–H groups in total. The van der Waals surface area contributed by atoms with E-state index in [4.69, 9.17) is 5.11 Å². The van der Waals surface area contributed by atoms with Gasteiger partial charge in [0.15, 0.2) is 11.6 Å². The molecule has 0 spiro atoms. The summed E-state index contributed by atoms with van der Waals surface area (Å²) in [7, 11) is 0. The fourth-order valence-electron chi connectivity index (χ4n) is 1.85. The van der Waals surface area contributed by atoms with Crippen molar-refractivity contribution >= 4 is 5.97 Å². The molecule has 1 aromatic carbocycles. The normalized spacial score (nSPS) is 10.8. The predicted molar refractivity (Wildman–Crippen MR) is 67.5 cm³/mol. The van der Waals surface area contributed by atoms with Crippen molar-refractivity contribution in [1.29, 1.82) is 0 Å².